The van der Waals surface area contributed by atoms with Crippen LogP contribution < -0.4 is 11.1 Å². The Morgan fingerprint density at radius 2 is 1.41 bits per heavy atom. The van der Waals surface area contributed by atoms with Crippen molar-refractivity contribution in [2.45, 2.75) is 12.4 Å². The van der Waals surface area contributed by atoms with E-state index in [2.05, 4.69) is 40.2 Å². The number of nitrogens with two attached hydrogens (primary N) is 1. The second-order valence-corrected chi connectivity index (χ2v) is 6.59. The molecule has 15 heteroatoms. The number of aromatic nitrogens is 7. The van der Waals surface area contributed by atoms with E-state index in [1.165, 1.54) is 24.5 Å². The van der Waals surface area contributed by atoms with Gasteiger partial charge in [0.05, 0.1) is 5.56 Å². The molecule has 0 aromatic carbocycles. The van der Waals surface area contributed by atoms with Crippen molar-refractivity contribution in [3.8, 4) is 22.9 Å². The fourth-order valence-corrected chi connectivity index (χ4v) is 2.64. The highest BCUT2D eigenvalue weighted by Gasteiger charge is 2.33. The van der Waals surface area contributed by atoms with Gasteiger partial charge in [-0.3, -0.25) is 4.98 Å². The highest BCUT2D eigenvalue weighted by atomic mass is 19.4. The molecular weight excluding hydrogens is 468 g/mol. The lowest BCUT2D eigenvalue weighted by atomic mass is 10.2. The molecule has 4 heterocycles. The predicted octanol–water partition coefficient (Wildman–Crippen LogP) is 4.15. The minimum Gasteiger partial charge on any atom is -0.368 e. The number of alkyl halides is 6. The van der Waals surface area contributed by atoms with Gasteiger partial charge in [-0.15, -0.1) is 0 Å². The Hall–Kier alpha value is -4.43. The van der Waals surface area contributed by atoms with Gasteiger partial charge in [0, 0.05) is 24.3 Å². The Bertz CT molecular complexity index is 1320. The molecule has 0 atom stereocenters. The molecule has 0 fully saturated rings. The SMILES string of the molecule is Nc1ncc(-c2nc(Nc3ccnc(C(F)(F)F)c3)nc(-c3cccc(C(F)(F)F)n3)n2)cn1. The van der Waals surface area contributed by atoms with Crippen molar-refractivity contribution in [1.82, 2.24) is 34.9 Å². The lowest BCUT2D eigenvalue weighted by Gasteiger charge is -2.11. The van der Waals surface area contributed by atoms with Crippen molar-refractivity contribution < 1.29 is 26.3 Å². The van der Waals surface area contributed by atoms with E-state index in [4.69, 9.17) is 5.73 Å². The summed E-state index contributed by atoms with van der Waals surface area (Å²) in [4.78, 5) is 26.7. The van der Waals surface area contributed by atoms with Gasteiger partial charge in [-0.25, -0.2) is 19.9 Å². The molecule has 4 aromatic heterocycles. The molecule has 0 spiro atoms. The molecule has 174 valence electrons. The van der Waals surface area contributed by atoms with Crippen molar-refractivity contribution in [3.63, 3.8) is 0 Å². The first kappa shape index (κ1) is 22.8. The largest absolute Gasteiger partial charge is 0.433 e. The first-order valence-corrected chi connectivity index (χ1v) is 9.18. The Labute approximate surface area is 186 Å². The Kier molecular flexibility index (Phi) is 5.68. The smallest absolute Gasteiger partial charge is 0.368 e. The van der Waals surface area contributed by atoms with Crippen LogP contribution in [0.1, 0.15) is 11.4 Å². The maximum atomic E-state index is 13.1. The predicted molar refractivity (Wildman–Crippen MR) is 106 cm³/mol. The number of nitrogens with one attached hydrogen (secondary N) is 1. The lowest BCUT2D eigenvalue weighted by molar-refractivity contribution is -0.141. The second-order valence-electron chi connectivity index (χ2n) is 6.59. The molecule has 9 nitrogen and oxygen atoms in total. The maximum absolute atomic E-state index is 13.1. The van der Waals surface area contributed by atoms with Crippen LogP contribution in [-0.2, 0) is 12.4 Å². The van der Waals surface area contributed by atoms with Crippen LogP contribution in [0.3, 0.4) is 0 Å². The van der Waals surface area contributed by atoms with Crippen LogP contribution in [0.25, 0.3) is 22.9 Å². The minimum atomic E-state index is -4.72. The summed E-state index contributed by atoms with van der Waals surface area (Å²) in [7, 11) is 0. The molecule has 0 aliphatic rings. The third-order valence-corrected chi connectivity index (χ3v) is 4.14. The molecule has 0 unspecified atom stereocenters. The monoisotopic (exact) mass is 479 g/mol. The molecule has 0 aliphatic carbocycles. The lowest BCUT2D eigenvalue weighted by Crippen LogP contribution is -2.10. The van der Waals surface area contributed by atoms with Crippen LogP contribution in [0.4, 0.5) is 43.9 Å². The summed E-state index contributed by atoms with van der Waals surface area (Å²) in [6, 6.07) is 5.08. The Morgan fingerprint density at radius 1 is 0.735 bits per heavy atom. The zero-order valence-corrected chi connectivity index (χ0v) is 16.6. The van der Waals surface area contributed by atoms with Gasteiger partial charge in [0.15, 0.2) is 11.6 Å². The molecule has 4 aromatic rings. The molecule has 0 saturated carbocycles. The summed E-state index contributed by atoms with van der Waals surface area (Å²) in [6.07, 6.45) is -5.96. The van der Waals surface area contributed by atoms with Gasteiger partial charge < -0.3 is 11.1 Å². The molecule has 0 saturated heterocycles. The number of nitrogens with zero attached hydrogens (tertiary/aromatic N) is 7. The van der Waals surface area contributed by atoms with Gasteiger partial charge in [0.1, 0.15) is 17.1 Å². The van der Waals surface area contributed by atoms with E-state index in [9.17, 15) is 26.3 Å². The molecule has 0 aliphatic heterocycles. The average Bonchev–Trinajstić information content (AvgIpc) is 2.78. The van der Waals surface area contributed by atoms with Crippen molar-refractivity contribution >= 4 is 17.6 Å². The molecule has 0 amide bonds. The summed E-state index contributed by atoms with van der Waals surface area (Å²) in [5, 5.41) is 2.58. The van der Waals surface area contributed by atoms with Gasteiger partial charge in [-0.1, -0.05) is 6.07 Å². The van der Waals surface area contributed by atoms with E-state index in [-0.39, 0.29) is 40.5 Å². The zero-order chi connectivity index (χ0) is 24.5. The summed E-state index contributed by atoms with van der Waals surface area (Å²) in [5.41, 5.74) is 3.02. The highest BCUT2D eigenvalue weighted by Crippen LogP contribution is 2.31. The van der Waals surface area contributed by atoms with E-state index in [0.717, 1.165) is 24.4 Å². The number of hydrogen-bond donors (Lipinski definition) is 2. The number of rotatable bonds is 4. The second kappa shape index (κ2) is 8.49. The third kappa shape index (κ3) is 5.13. The van der Waals surface area contributed by atoms with Crippen molar-refractivity contribution in [1.29, 1.82) is 0 Å². The summed E-state index contributed by atoms with van der Waals surface area (Å²) in [5.74, 6) is -0.680. The highest BCUT2D eigenvalue weighted by molar-refractivity contribution is 5.63. The zero-order valence-electron chi connectivity index (χ0n) is 16.6. The first-order chi connectivity index (χ1) is 16.0. The molecule has 0 radical (unpaired) electrons. The molecular formula is C19H11F6N9. The summed E-state index contributed by atoms with van der Waals surface area (Å²) in [6.45, 7) is 0. The van der Waals surface area contributed by atoms with Crippen molar-refractivity contribution in [2.75, 3.05) is 11.1 Å². The van der Waals surface area contributed by atoms with Gasteiger partial charge in [0.2, 0.25) is 11.9 Å². The first-order valence-electron chi connectivity index (χ1n) is 9.18. The van der Waals surface area contributed by atoms with Crippen LogP contribution in [-0.4, -0.2) is 34.9 Å². The van der Waals surface area contributed by atoms with Crippen molar-refractivity contribution in [2.24, 2.45) is 0 Å². The summed E-state index contributed by atoms with van der Waals surface area (Å²) < 4.78 is 78.3. The van der Waals surface area contributed by atoms with Gasteiger partial charge in [0.25, 0.3) is 0 Å². The van der Waals surface area contributed by atoms with Crippen LogP contribution in [0.5, 0.6) is 0 Å². The van der Waals surface area contributed by atoms with E-state index in [0.29, 0.717) is 0 Å². The van der Waals surface area contributed by atoms with E-state index in [1.54, 1.807) is 0 Å². The molecule has 0 bridgehead atoms. The van der Waals surface area contributed by atoms with E-state index < -0.39 is 23.7 Å². The fourth-order valence-electron chi connectivity index (χ4n) is 2.64. The average molecular weight is 479 g/mol. The number of halogens is 6. The van der Waals surface area contributed by atoms with Gasteiger partial charge in [-0.05, 0) is 24.3 Å². The topological polar surface area (TPSA) is 128 Å². The molecule has 3 N–H and O–H groups in total. The van der Waals surface area contributed by atoms with Crippen molar-refractivity contribution in [3.05, 3.63) is 60.3 Å². The minimum absolute atomic E-state index is 0.0487. The number of nitrogen functional groups attached to an aromatic ring is 1. The molecule has 4 rings (SSSR count). The van der Waals surface area contributed by atoms with Crippen LogP contribution in [0.15, 0.2) is 48.9 Å². The fraction of sp³-hybridized carbons (Fsp3) is 0.105. The number of anilines is 3. The van der Waals surface area contributed by atoms with E-state index >= 15 is 0 Å². The molecule has 34 heavy (non-hydrogen) atoms. The quantitative estimate of drug-likeness (QED) is 0.415. The Morgan fingerprint density at radius 3 is 2.09 bits per heavy atom. The summed E-state index contributed by atoms with van der Waals surface area (Å²) >= 11 is 0. The van der Waals surface area contributed by atoms with Gasteiger partial charge in [-0.2, -0.15) is 36.3 Å². The number of pyridine rings is 2. The standard InChI is InChI=1S/C19H11F6N9/c20-18(21,22)12-3-1-2-11(31-12)15-32-14(9-7-28-16(26)29-8-9)33-17(34-15)30-10-4-5-27-13(6-10)19(23,24)25/h1-8H,(H2,26,28,29)(H,27,30,32,33,34). The number of hydrogen-bond acceptors (Lipinski definition) is 9. The van der Waals surface area contributed by atoms with Crippen LogP contribution >= 0.6 is 0 Å². The van der Waals surface area contributed by atoms with E-state index in [1.807, 2.05) is 0 Å². The van der Waals surface area contributed by atoms with Gasteiger partial charge >= 0.3 is 12.4 Å². The Balaban J connectivity index is 1.81. The van der Waals surface area contributed by atoms with Crippen LogP contribution in [0.2, 0.25) is 0 Å². The third-order valence-electron chi connectivity index (χ3n) is 4.14. The maximum Gasteiger partial charge on any atom is 0.433 e. The van der Waals surface area contributed by atoms with Crippen LogP contribution in [0, 0.1) is 0 Å². The normalized spacial score (nSPS) is 11.9.